The number of rotatable bonds is 5. The highest BCUT2D eigenvalue weighted by molar-refractivity contribution is 5.97. The van der Waals surface area contributed by atoms with Crippen LogP contribution in [0.5, 0.6) is 5.75 Å². The summed E-state index contributed by atoms with van der Waals surface area (Å²) in [7, 11) is 1.45. The number of fused-ring (bicyclic) bond motifs is 1. The molecule has 1 aliphatic heterocycles. The van der Waals surface area contributed by atoms with Crippen molar-refractivity contribution in [2.24, 2.45) is 11.7 Å². The van der Waals surface area contributed by atoms with Crippen LogP contribution in [-0.4, -0.2) is 42.4 Å². The van der Waals surface area contributed by atoms with Crippen molar-refractivity contribution in [3.63, 3.8) is 0 Å². The maximum absolute atomic E-state index is 15.1. The molecule has 2 aromatic rings. The van der Waals surface area contributed by atoms with Gasteiger partial charge in [0.25, 0.3) is 0 Å². The van der Waals surface area contributed by atoms with E-state index >= 15 is 4.39 Å². The first-order valence-corrected chi connectivity index (χ1v) is 13.8. The average Bonchev–Trinajstić information content (AvgIpc) is 3.69. The van der Waals surface area contributed by atoms with Gasteiger partial charge in [0.1, 0.15) is 11.3 Å². The number of aromatic nitrogens is 1. The standard InChI is InChI=1S/C19H22FN3O4.C2H3N.4C2H6/c1-27-18-15-12(6-14(20)16(18)22-5-4-10(7-21)8-22)17(24)13(19(25)26)9-23(15)11-2-3-11;1-2-3;4*1-2/h6,9-11H,2-5,7-8,21H2,1H3,(H,25,26);1H3;4*1-2H3. The fraction of sp³-hybridized carbons (Fsp3) is 0.621. The quantitative estimate of drug-likeness (QED) is 0.441. The molecule has 1 aromatic heterocycles. The van der Waals surface area contributed by atoms with Crippen LogP contribution in [0.1, 0.15) is 98.0 Å². The van der Waals surface area contributed by atoms with E-state index in [4.69, 9.17) is 15.7 Å². The minimum Gasteiger partial charge on any atom is -0.492 e. The van der Waals surface area contributed by atoms with Crippen molar-refractivity contribution in [1.82, 2.24) is 4.57 Å². The van der Waals surface area contributed by atoms with Gasteiger partial charge in [-0.1, -0.05) is 55.4 Å². The van der Waals surface area contributed by atoms with Crippen molar-refractivity contribution in [3.8, 4) is 11.8 Å². The smallest absolute Gasteiger partial charge is 0.341 e. The Morgan fingerprint density at radius 2 is 1.68 bits per heavy atom. The lowest BCUT2D eigenvalue weighted by Gasteiger charge is -2.24. The number of nitriles is 1. The van der Waals surface area contributed by atoms with Crippen molar-refractivity contribution in [2.75, 3.05) is 31.6 Å². The Morgan fingerprint density at radius 3 is 2.08 bits per heavy atom. The van der Waals surface area contributed by atoms with Crippen molar-refractivity contribution < 1.29 is 19.0 Å². The molecule has 0 amide bonds. The molecule has 2 fully saturated rings. The SMILES string of the molecule is CC.CC.CC.CC.CC#N.COc1c(N2CCC(CN)C2)c(F)cc2c(=O)c(C(=O)O)cn(C3CC3)c12. The van der Waals surface area contributed by atoms with Gasteiger partial charge in [0.05, 0.1) is 24.1 Å². The third-order valence-electron chi connectivity index (χ3n) is 5.51. The molecule has 9 heteroatoms. The molecule has 3 N–H and O–H groups in total. The van der Waals surface area contributed by atoms with E-state index in [1.54, 1.807) is 10.6 Å². The number of carboxylic acid groups (broad SMARTS) is 1. The van der Waals surface area contributed by atoms with Crippen LogP contribution in [0.25, 0.3) is 10.9 Å². The summed E-state index contributed by atoms with van der Waals surface area (Å²) in [6, 6.07) is 2.99. The number of anilines is 1. The van der Waals surface area contributed by atoms with Gasteiger partial charge in [0.2, 0.25) is 5.43 Å². The molecule has 0 spiro atoms. The Morgan fingerprint density at radius 1 is 1.16 bits per heavy atom. The molecular weight excluding hydrogens is 487 g/mol. The molecule has 2 heterocycles. The molecule has 1 aromatic carbocycles. The third kappa shape index (κ3) is 9.02. The first kappa shape index (κ1) is 37.0. The first-order valence-electron chi connectivity index (χ1n) is 13.8. The van der Waals surface area contributed by atoms with E-state index in [0.29, 0.717) is 30.8 Å². The predicted molar refractivity (Wildman–Crippen MR) is 156 cm³/mol. The maximum atomic E-state index is 15.1. The summed E-state index contributed by atoms with van der Waals surface area (Å²) in [5.41, 5.74) is 5.49. The monoisotopic (exact) mass is 536 g/mol. The number of nitrogens with two attached hydrogens (primary N) is 1. The summed E-state index contributed by atoms with van der Waals surface area (Å²) >= 11 is 0. The summed E-state index contributed by atoms with van der Waals surface area (Å²) < 4.78 is 22.4. The Kier molecular flexibility index (Phi) is 19.4. The average molecular weight is 537 g/mol. The summed E-state index contributed by atoms with van der Waals surface area (Å²) in [6.07, 6.45) is 3.99. The van der Waals surface area contributed by atoms with Gasteiger partial charge in [-0.25, -0.2) is 9.18 Å². The number of pyridine rings is 1. The van der Waals surface area contributed by atoms with Crippen LogP contribution in [0.15, 0.2) is 17.1 Å². The lowest BCUT2D eigenvalue weighted by molar-refractivity contribution is 0.0694. The molecule has 1 atom stereocenters. The topological polar surface area (TPSA) is 122 Å². The maximum Gasteiger partial charge on any atom is 0.341 e. The molecule has 1 saturated carbocycles. The number of halogens is 1. The van der Waals surface area contributed by atoms with E-state index in [9.17, 15) is 14.7 Å². The fourth-order valence-electron chi connectivity index (χ4n) is 3.95. The zero-order valence-corrected chi connectivity index (χ0v) is 25.0. The molecule has 2 aliphatic rings. The lowest BCUT2D eigenvalue weighted by Crippen LogP contribution is -2.25. The fourth-order valence-corrected chi connectivity index (χ4v) is 3.95. The third-order valence-corrected chi connectivity index (χ3v) is 5.51. The molecule has 1 unspecified atom stereocenters. The number of aromatic carboxylic acids is 1. The van der Waals surface area contributed by atoms with Gasteiger partial charge in [-0.3, -0.25) is 4.79 Å². The highest BCUT2D eigenvalue weighted by Gasteiger charge is 2.33. The summed E-state index contributed by atoms with van der Waals surface area (Å²) in [5, 5.41) is 16.7. The Balaban J connectivity index is 0. The second-order valence-corrected chi connectivity index (χ2v) is 7.51. The normalized spacial score (nSPS) is 14.8. The second-order valence-electron chi connectivity index (χ2n) is 7.51. The minimum atomic E-state index is -1.31. The number of nitrogens with zero attached hydrogens (tertiary/aromatic N) is 3. The van der Waals surface area contributed by atoms with Gasteiger partial charge in [0, 0.05) is 32.3 Å². The van der Waals surface area contributed by atoms with Gasteiger partial charge >= 0.3 is 5.97 Å². The van der Waals surface area contributed by atoms with Crippen LogP contribution in [-0.2, 0) is 0 Å². The van der Waals surface area contributed by atoms with Crippen molar-refractivity contribution in [2.45, 2.75) is 87.6 Å². The Labute approximate surface area is 228 Å². The van der Waals surface area contributed by atoms with E-state index in [1.165, 1.54) is 20.2 Å². The van der Waals surface area contributed by atoms with E-state index in [1.807, 2.05) is 60.3 Å². The number of ether oxygens (including phenoxy) is 1. The number of methoxy groups -OCH3 is 1. The van der Waals surface area contributed by atoms with Crippen molar-refractivity contribution in [1.29, 1.82) is 5.26 Å². The van der Waals surface area contributed by atoms with Crippen molar-refractivity contribution in [3.05, 3.63) is 33.9 Å². The van der Waals surface area contributed by atoms with Gasteiger partial charge in [-0.15, -0.1) is 0 Å². The van der Waals surface area contributed by atoms with Crippen LogP contribution in [0.2, 0.25) is 0 Å². The Hall–Kier alpha value is -3.12. The summed E-state index contributed by atoms with van der Waals surface area (Å²) in [4.78, 5) is 26.1. The van der Waals surface area contributed by atoms with Gasteiger partial charge < -0.3 is 25.0 Å². The number of carboxylic acids is 1. The minimum absolute atomic E-state index is 0.0365. The van der Waals surface area contributed by atoms with Crippen molar-refractivity contribution >= 4 is 22.6 Å². The molecule has 38 heavy (non-hydrogen) atoms. The molecule has 0 radical (unpaired) electrons. The van der Waals surface area contributed by atoms with E-state index < -0.39 is 17.2 Å². The van der Waals surface area contributed by atoms with E-state index in [2.05, 4.69) is 0 Å². The summed E-state index contributed by atoms with van der Waals surface area (Å²) in [6.45, 7) is 19.2. The van der Waals surface area contributed by atoms with Gasteiger partial charge in [0.15, 0.2) is 11.6 Å². The molecule has 4 rings (SSSR count). The molecule has 216 valence electrons. The molecule has 1 saturated heterocycles. The van der Waals surface area contributed by atoms with Gasteiger partial charge in [-0.05, 0) is 37.8 Å². The molecule has 8 nitrogen and oxygen atoms in total. The first-order chi connectivity index (χ1) is 18.4. The van der Waals surface area contributed by atoms with Crippen LogP contribution in [0, 0.1) is 23.1 Å². The highest BCUT2D eigenvalue weighted by atomic mass is 19.1. The molecular formula is C29H49FN4O4. The van der Waals surface area contributed by atoms with Crippen LogP contribution in [0.4, 0.5) is 10.1 Å². The molecule has 1 aliphatic carbocycles. The van der Waals surface area contributed by atoms with Crippen LogP contribution >= 0.6 is 0 Å². The number of hydrogen-bond donors (Lipinski definition) is 2. The van der Waals surface area contributed by atoms with Gasteiger partial charge in [-0.2, -0.15) is 5.26 Å². The van der Waals surface area contributed by atoms with Crippen LogP contribution in [0.3, 0.4) is 0 Å². The zero-order chi connectivity index (χ0) is 30.0. The summed E-state index contributed by atoms with van der Waals surface area (Å²) in [5.74, 6) is -1.34. The molecule has 0 bridgehead atoms. The second kappa shape index (κ2) is 19.9. The number of benzene rings is 1. The van der Waals surface area contributed by atoms with E-state index in [0.717, 1.165) is 25.3 Å². The van der Waals surface area contributed by atoms with Crippen LogP contribution < -0.4 is 20.8 Å². The van der Waals surface area contributed by atoms with E-state index in [-0.39, 0.29) is 28.7 Å². The predicted octanol–water partition coefficient (Wildman–Crippen LogP) is 6.60. The highest BCUT2D eigenvalue weighted by Crippen LogP contribution is 2.44. The Bertz CT molecular complexity index is 1080. The lowest BCUT2D eigenvalue weighted by atomic mass is 10.1. The number of hydrogen-bond acceptors (Lipinski definition) is 6. The zero-order valence-electron chi connectivity index (χ0n) is 25.0. The largest absolute Gasteiger partial charge is 0.492 e. The number of carbonyl (C=O) groups is 1.